The Balaban J connectivity index is 1.71. The number of methoxy groups -OCH3 is 2. The van der Waals surface area contributed by atoms with Crippen LogP contribution in [0.15, 0.2) is 11.6 Å². The lowest BCUT2D eigenvalue weighted by Crippen LogP contribution is -2.56. The number of alkyl carbamates (subject to hydrolysis) is 1. The second-order valence-corrected chi connectivity index (χ2v) is 9.85. The van der Waals surface area contributed by atoms with Crippen molar-refractivity contribution in [2.24, 2.45) is 11.8 Å². The molecule has 1 spiro atoms. The molecule has 3 aliphatic rings. The van der Waals surface area contributed by atoms with E-state index in [1.807, 2.05) is 13.8 Å². The van der Waals surface area contributed by atoms with E-state index in [1.54, 1.807) is 7.11 Å². The molecule has 1 N–H and O–H groups in total. The van der Waals surface area contributed by atoms with Gasteiger partial charge in [0, 0.05) is 7.11 Å². The SMILES string of the molecule is CCC(C)[C@@H](NC(=O)O[C@@H]1CC[C@]2(CO2)[C@@H]([C@@]2(C)O[C@@H]2CC=C(C)C)[C@@H]1OC)C(=O)OC. The average Bonchev–Trinajstić information content (AvgIpc) is 3.67. The smallest absolute Gasteiger partial charge is 0.408 e. The van der Waals surface area contributed by atoms with Gasteiger partial charge in [-0.15, -0.1) is 0 Å². The number of rotatable bonds is 9. The second kappa shape index (κ2) is 9.69. The number of hydrogen-bond acceptors (Lipinski definition) is 7. The van der Waals surface area contributed by atoms with Crippen molar-refractivity contribution in [1.82, 2.24) is 5.32 Å². The Morgan fingerprint density at radius 3 is 2.50 bits per heavy atom. The molecule has 1 aliphatic carbocycles. The number of ether oxygens (including phenoxy) is 5. The minimum Gasteiger partial charge on any atom is -0.467 e. The zero-order valence-electron chi connectivity index (χ0n) is 20.4. The zero-order valence-corrected chi connectivity index (χ0v) is 20.4. The topological polar surface area (TPSA) is 98.9 Å². The molecule has 0 aromatic heterocycles. The first kappa shape index (κ1) is 25.0. The lowest BCUT2D eigenvalue weighted by Gasteiger charge is -2.42. The van der Waals surface area contributed by atoms with Crippen molar-refractivity contribution in [2.75, 3.05) is 20.8 Å². The number of amides is 1. The van der Waals surface area contributed by atoms with E-state index in [2.05, 4.69) is 32.2 Å². The maximum atomic E-state index is 12.7. The fourth-order valence-corrected chi connectivity index (χ4v) is 5.16. The minimum absolute atomic E-state index is 0.0481. The number of epoxide rings is 2. The van der Waals surface area contributed by atoms with E-state index >= 15 is 0 Å². The Labute approximate surface area is 191 Å². The van der Waals surface area contributed by atoms with Crippen LogP contribution in [0.5, 0.6) is 0 Å². The summed E-state index contributed by atoms with van der Waals surface area (Å²) in [5, 5.41) is 2.70. The number of esters is 1. The van der Waals surface area contributed by atoms with Crippen LogP contribution in [-0.4, -0.2) is 68.4 Å². The first-order chi connectivity index (χ1) is 15.1. The van der Waals surface area contributed by atoms with Gasteiger partial charge in [-0.1, -0.05) is 31.9 Å². The van der Waals surface area contributed by atoms with E-state index < -0.39 is 29.8 Å². The van der Waals surface area contributed by atoms with Crippen LogP contribution in [0.4, 0.5) is 4.79 Å². The highest BCUT2D eigenvalue weighted by molar-refractivity contribution is 5.81. The first-order valence-corrected chi connectivity index (χ1v) is 11.6. The third kappa shape index (κ3) is 4.97. The summed E-state index contributed by atoms with van der Waals surface area (Å²) in [6, 6.07) is -0.756. The summed E-state index contributed by atoms with van der Waals surface area (Å²) < 4.78 is 28.7. The third-order valence-electron chi connectivity index (χ3n) is 7.44. The Morgan fingerprint density at radius 2 is 1.97 bits per heavy atom. The fraction of sp³-hybridized carbons (Fsp3) is 0.833. The predicted molar refractivity (Wildman–Crippen MR) is 118 cm³/mol. The van der Waals surface area contributed by atoms with Gasteiger partial charge in [0.25, 0.3) is 0 Å². The van der Waals surface area contributed by atoms with Gasteiger partial charge in [-0.05, 0) is 46.0 Å². The molecule has 0 aromatic rings. The van der Waals surface area contributed by atoms with Gasteiger partial charge in [-0.25, -0.2) is 9.59 Å². The summed E-state index contributed by atoms with van der Waals surface area (Å²) in [6.07, 6.45) is 3.77. The molecule has 1 unspecified atom stereocenters. The van der Waals surface area contributed by atoms with Crippen molar-refractivity contribution in [1.29, 1.82) is 0 Å². The van der Waals surface area contributed by atoms with Crippen LogP contribution in [0.3, 0.4) is 0 Å². The molecule has 2 heterocycles. The molecule has 8 atom stereocenters. The molecule has 32 heavy (non-hydrogen) atoms. The van der Waals surface area contributed by atoms with Gasteiger partial charge in [-0.2, -0.15) is 0 Å². The van der Waals surface area contributed by atoms with Gasteiger partial charge in [0.1, 0.15) is 29.5 Å². The molecule has 182 valence electrons. The number of nitrogens with one attached hydrogen (secondary N) is 1. The Bertz CT molecular complexity index is 730. The highest BCUT2D eigenvalue weighted by atomic mass is 16.6. The predicted octanol–water partition coefficient (Wildman–Crippen LogP) is 3.38. The average molecular weight is 454 g/mol. The number of carbonyl (C=O) groups excluding carboxylic acids is 2. The van der Waals surface area contributed by atoms with Crippen molar-refractivity contribution < 1.29 is 33.3 Å². The van der Waals surface area contributed by atoms with Gasteiger partial charge in [0.2, 0.25) is 0 Å². The van der Waals surface area contributed by atoms with Gasteiger partial charge >= 0.3 is 12.1 Å². The van der Waals surface area contributed by atoms with Crippen molar-refractivity contribution in [3.05, 3.63) is 11.6 Å². The lowest BCUT2D eigenvalue weighted by molar-refractivity contribution is -0.144. The van der Waals surface area contributed by atoms with E-state index in [-0.39, 0.29) is 29.6 Å². The van der Waals surface area contributed by atoms with Gasteiger partial charge < -0.3 is 29.0 Å². The summed E-state index contributed by atoms with van der Waals surface area (Å²) in [4.78, 5) is 24.9. The third-order valence-corrected chi connectivity index (χ3v) is 7.44. The van der Waals surface area contributed by atoms with Gasteiger partial charge in [-0.3, -0.25) is 0 Å². The Hall–Kier alpha value is -1.64. The molecule has 0 bridgehead atoms. The molecule has 0 radical (unpaired) electrons. The van der Waals surface area contributed by atoms with Crippen molar-refractivity contribution >= 4 is 12.1 Å². The van der Waals surface area contributed by atoms with E-state index in [0.29, 0.717) is 13.0 Å². The molecular formula is C24H39NO7. The van der Waals surface area contributed by atoms with E-state index in [0.717, 1.165) is 19.3 Å². The molecule has 8 heteroatoms. The quantitative estimate of drug-likeness (QED) is 0.325. The molecule has 1 amide bonds. The summed E-state index contributed by atoms with van der Waals surface area (Å²) >= 11 is 0. The number of allylic oxidation sites excluding steroid dienone is 1. The van der Waals surface area contributed by atoms with Gasteiger partial charge in [0.15, 0.2) is 0 Å². The van der Waals surface area contributed by atoms with Crippen molar-refractivity contribution in [3.8, 4) is 0 Å². The fourth-order valence-electron chi connectivity index (χ4n) is 5.16. The highest BCUT2D eigenvalue weighted by Gasteiger charge is 2.72. The Kier molecular flexibility index (Phi) is 7.57. The number of carbonyl (C=O) groups is 2. The molecule has 2 aliphatic heterocycles. The normalized spacial score (nSPS) is 37.2. The molecule has 2 saturated heterocycles. The highest BCUT2D eigenvalue weighted by Crippen LogP contribution is 2.59. The maximum absolute atomic E-state index is 12.7. The summed E-state index contributed by atoms with van der Waals surface area (Å²) in [5.74, 6) is -0.606. The monoisotopic (exact) mass is 453 g/mol. The number of hydrogen-bond donors (Lipinski definition) is 1. The van der Waals surface area contributed by atoms with Crippen LogP contribution in [0.1, 0.15) is 60.3 Å². The van der Waals surface area contributed by atoms with Crippen molar-refractivity contribution in [2.45, 2.75) is 95.9 Å². The van der Waals surface area contributed by atoms with E-state index in [1.165, 1.54) is 12.7 Å². The summed E-state index contributed by atoms with van der Waals surface area (Å²) in [6.45, 7) is 10.8. The zero-order chi connectivity index (χ0) is 23.7. The molecule has 8 nitrogen and oxygen atoms in total. The molecule has 0 aromatic carbocycles. The van der Waals surface area contributed by atoms with Crippen LogP contribution < -0.4 is 5.32 Å². The van der Waals surface area contributed by atoms with Crippen LogP contribution >= 0.6 is 0 Å². The van der Waals surface area contributed by atoms with Gasteiger partial charge in [0.05, 0.1) is 25.7 Å². The molecule has 3 fully saturated rings. The Morgan fingerprint density at radius 1 is 1.28 bits per heavy atom. The van der Waals surface area contributed by atoms with Crippen molar-refractivity contribution in [3.63, 3.8) is 0 Å². The minimum atomic E-state index is -0.756. The lowest BCUT2D eigenvalue weighted by atomic mass is 9.68. The van der Waals surface area contributed by atoms with Crippen LogP contribution in [0.2, 0.25) is 0 Å². The molecule has 1 saturated carbocycles. The molecule has 3 rings (SSSR count). The van der Waals surface area contributed by atoms with Crippen LogP contribution in [0.25, 0.3) is 0 Å². The first-order valence-electron chi connectivity index (χ1n) is 11.6. The van der Waals surface area contributed by atoms with E-state index in [4.69, 9.17) is 23.7 Å². The van der Waals surface area contributed by atoms with Crippen LogP contribution in [0, 0.1) is 11.8 Å². The van der Waals surface area contributed by atoms with Crippen LogP contribution in [-0.2, 0) is 28.5 Å². The second-order valence-electron chi connectivity index (χ2n) is 9.85. The molecular weight excluding hydrogens is 414 g/mol. The largest absolute Gasteiger partial charge is 0.467 e. The summed E-state index contributed by atoms with van der Waals surface area (Å²) in [7, 11) is 2.95. The standard InChI is InChI=1S/C24H39NO7/c1-8-15(4)18(21(26)29-7)25-22(27)31-16-11-12-24(13-30-24)20(19(16)28-6)23(5)17(32-23)10-9-14(2)3/h9,15-20H,8,10-13H2,1-7H3,(H,25,27)/t15?,16-,17-,18-,19-,20-,23+,24+/m1/s1. The van der Waals surface area contributed by atoms with E-state index in [9.17, 15) is 9.59 Å². The maximum Gasteiger partial charge on any atom is 0.408 e. The summed E-state index contributed by atoms with van der Waals surface area (Å²) in [5.41, 5.74) is 0.579.